The minimum absolute atomic E-state index is 0.193. The van der Waals surface area contributed by atoms with Crippen LogP contribution in [0.1, 0.15) is 30.6 Å². The van der Waals surface area contributed by atoms with Gasteiger partial charge in [0.2, 0.25) is 0 Å². The van der Waals surface area contributed by atoms with Gasteiger partial charge in [-0.3, -0.25) is 9.48 Å². The van der Waals surface area contributed by atoms with Gasteiger partial charge in [-0.2, -0.15) is 5.10 Å². The van der Waals surface area contributed by atoms with E-state index in [0.29, 0.717) is 25.0 Å². The number of hydrogen-bond acceptors (Lipinski definition) is 5. The minimum Gasteiger partial charge on any atom is -0.487 e. The molecule has 0 saturated carbocycles. The summed E-state index contributed by atoms with van der Waals surface area (Å²) in [7, 11) is 0. The number of nitrogens with zero attached hydrogens (tertiary/aromatic N) is 2. The Labute approximate surface area is 178 Å². The maximum atomic E-state index is 11.9. The quantitative estimate of drug-likeness (QED) is 0.542. The highest BCUT2D eigenvalue weighted by Gasteiger charge is 2.22. The summed E-state index contributed by atoms with van der Waals surface area (Å²) in [6, 6.07) is 14.2. The van der Waals surface area contributed by atoms with Crippen molar-refractivity contribution in [2.75, 3.05) is 19.7 Å². The summed E-state index contributed by atoms with van der Waals surface area (Å²) in [5.41, 5.74) is 2.82. The van der Waals surface area contributed by atoms with Crippen LogP contribution in [0.25, 0.3) is 10.9 Å². The van der Waals surface area contributed by atoms with Crippen LogP contribution in [-0.4, -0.2) is 35.4 Å². The zero-order valence-electron chi connectivity index (χ0n) is 16.4. The Balaban J connectivity index is 1.59. The van der Waals surface area contributed by atoms with Gasteiger partial charge in [0.05, 0.1) is 24.6 Å². The van der Waals surface area contributed by atoms with E-state index in [-0.39, 0.29) is 12.4 Å². The molecule has 6 nitrogen and oxygen atoms in total. The van der Waals surface area contributed by atoms with Gasteiger partial charge in [0.15, 0.2) is 0 Å². The van der Waals surface area contributed by atoms with Crippen molar-refractivity contribution in [2.24, 2.45) is 0 Å². The fourth-order valence-electron chi connectivity index (χ4n) is 3.71. The van der Waals surface area contributed by atoms with Crippen LogP contribution < -0.4 is 10.1 Å². The average molecular weight is 458 g/mol. The lowest BCUT2D eigenvalue weighted by Gasteiger charge is -2.11. The smallest absolute Gasteiger partial charge is 0.310 e. The SMILES string of the molecule is CCOC(=O)Cc1ccccc1OCc1nn(C2CCNC2)c2ccc(Br)cc12. The maximum absolute atomic E-state index is 11.9. The minimum atomic E-state index is -0.254. The summed E-state index contributed by atoms with van der Waals surface area (Å²) in [6.45, 7) is 4.45. The first-order valence-electron chi connectivity index (χ1n) is 9.89. The molecule has 0 bridgehead atoms. The summed E-state index contributed by atoms with van der Waals surface area (Å²) in [5, 5.41) is 9.37. The zero-order valence-corrected chi connectivity index (χ0v) is 17.9. The second kappa shape index (κ2) is 8.97. The lowest BCUT2D eigenvalue weighted by molar-refractivity contribution is -0.142. The molecule has 0 radical (unpaired) electrons. The van der Waals surface area contributed by atoms with E-state index >= 15 is 0 Å². The monoisotopic (exact) mass is 457 g/mol. The fraction of sp³-hybridized carbons (Fsp3) is 0.364. The highest BCUT2D eigenvalue weighted by Crippen LogP contribution is 2.29. The van der Waals surface area contributed by atoms with E-state index in [2.05, 4.69) is 38.1 Å². The van der Waals surface area contributed by atoms with Crippen molar-refractivity contribution in [3.8, 4) is 5.75 Å². The van der Waals surface area contributed by atoms with E-state index in [1.165, 1.54) is 0 Å². The molecule has 2 aromatic carbocycles. The number of benzene rings is 2. The Morgan fingerprint density at radius 1 is 1.31 bits per heavy atom. The molecule has 1 aliphatic rings. The summed E-state index contributed by atoms with van der Waals surface area (Å²) in [5.74, 6) is 0.428. The van der Waals surface area contributed by atoms with E-state index in [1.54, 1.807) is 6.92 Å². The van der Waals surface area contributed by atoms with Crippen LogP contribution in [0.5, 0.6) is 5.75 Å². The number of fused-ring (bicyclic) bond motifs is 1. The third-order valence-electron chi connectivity index (χ3n) is 5.10. The van der Waals surface area contributed by atoms with E-state index in [0.717, 1.165) is 46.1 Å². The van der Waals surface area contributed by atoms with Crippen molar-refractivity contribution < 1.29 is 14.3 Å². The van der Waals surface area contributed by atoms with Crippen molar-refractivity contribution in [2.45, 2.75) is 32.4 Å². The van der Waals surface area contributed by atoms with Crippen molar-refractivity contribution in [1.29, 1.82) is 0 Å². The second-order valence-corrected chi connectivity index (χ2v) is 7.99. The molecule has 4 rings (SSSR count). The number of ether oxygens (including phenoxy) is 2. The van der Waals surface area contributed by atoms with Crippen LogP contribution in [0.3, 0.4) is 0 Å². The second-order valence-electron chi connectivity index (χ2n) is 7.08. The number of aromatic nitrogens is 2. The predicted molar refractivity (Wildman–Crippen MR) is 115 cm³/mol. The summed E-state index contributed by atoms with van der Waals surface area (Å²) in [6.07, 6.45) is 1.26. The van der Waals surface area contributed by atoms with Gasteiger partial charge in [-0.1, -0.05) is 34.1 Å². The van der Waals surface area contributed by atoms with Gasteiger partial charge >= 0.3 is 5.97 Å². The van der Waals surface area contributed by atoms with E-state index in [4.69, 9.17) is 14.6 Å². The number of hydrogen-bond donors (Lipinski definition) is 1. The molecule has 1 unspecified atom stereocenters. The van der Waals surface area contributed by atoms with Crippen LogP contribution in [0, 0.1) is 0 Å². The number of rotatable bonds is 7. The topological polar surface area (TPSA) is 65.4 Å². The highest BCUT2D eigenvalue weighted by atomic mass is 79.9. The van der Waals surface area contributed by atoms with Crippen molar-refractivity contribution in [3.05, 3.63) is 58.2 Å². The van der Waals surface area contributed by atoms with E-state index in [9.17, 15) is 4.79 Å². The lowest BCUT2D eigenvalue weighted by Crippen LogP contribution is -2.14. The molecule has 1 aliphatic heterocycles. The number of nitrogens with one attached hydrogen (secondary N) is 1. The maximum Gasteiger partial charge on any atom is 0.310 e. The zero-order chi connectivity index (χ0) is 20.2. The highest BCUT2D eigenvalue weighted by molar-refractivity contribution is 9.10. The molecule has 1 N–H and O–H groups in total. The average Bonchev–Trinajstić information content (AvgIpc) is 3.35. The lowest BCUT2D eigenvalue weighted by atomic mass is 10.1. The van der Waals surface area contributed by atoms with Crippen LogP contribution in [0.4, 0.5) is 0 Å². The first-order chi connectivity index (χ1) is 14.2. The molecular formula is C22H24BrN3O3. The Bertz CT molecular complexity index is 1010. The Hall–Kier alpha value is -2.38. The third-order valence-corrected chi connectivity index (χ3v) is 5.60. The third kappa shape index (κ3) is 4.46. The molecule has 1 fully saturated rings. The number of carbonyl (C=O) groups excluding carboxylic acids is 1. The number of carbonyl (C=O) groups is 1. The summed E-state index contributed by atoms with van der Waals surface area (Å²) < 4.78 is 14.3. The summed E-state index contributed by atoms with van der Waals surface area (Å²) in [4.78, 5) is 11.9. The Morgan fingerprint density at radius 3 is 2.97 bits per heavy atom. The number of esters is 1. The van der Waals surface area contributed by atoms with Crippen molar-refractivity contribution in [1.82, 2.24) is 15.1 Å². The normalized spacial score (nSPS) is 16.3. The van der Waals surface area contributed by atoms with E-state index < -0.39 is 0 Å². The molecule has 3 aromatic rings. The van der Waals surface area contributed by atoms with Crippen LogP contribution in [-0.2, 0) is 22.6 Å². The predicted octanol–water partition coefficient (Wildman–Crippen LogP) is 4.02. The largest absolute Gasteiger partial charge is 0.487 e. The molecule has 7 heteroatoms. The van der Waals surface area contributed by atoms with Crippen molar-refractivity contribution >= 4 is 32.8 Å². The Morgan fingerprint density at radius 2 is 2.17 bits per heavy atom. The standard InChI is InChI=1S/C22H24BrN3O3/c1-2-28-22(27)11-15-5-3-4-6-21(15)29-14-19-18-12-16(23)7-8-20(18)26(25-19)17-9-10-24-13-17/h3-8,12,17,24H,2,9-11,13-14H2,1H3. The van der Waals surface area contributed by atoms with Crippen molar-refractivity contribution in [3.63, 3.8) is 0 Å². The van der Waals surface area contributed by atoms with Gasteiger partial charge < -0.3 is 14.8 Å². The van der Waals surface area contributed by atoms with Gasteiger partial charge in [-0.15, -0.1) is 0 Å². The van der Waals surface area contributed by atoms with Gasteiger partial charge in [0, 0.05) is 22.0 Å². The molecule has 1 aromatic heterocycles. The fourth-order valence-corrected chi connectivity index (χ4v) is 4.08. The van der Waals surface area contributed by atoms with E-state index in [1.807, 2.05) is 30.3 Å². The first kappa shape index (κ1) is 19.9. The molecule has 0 spiro atoms. The molecule has 1 saturated heterocycles. The molecule has 1 atom stereocenters. The van der Waals surface area contributed by atoms with Crippen LogP contribution >= 0.6 is 15.9 Å². The molecule has 2 heterocycles. The number of para-hydroxylation sites is 1. The molecular weight excluding hydrogens is 434 g/mol. The molecule has 0 aliphatic carbocycles. The van der Waals surface area contributed by atoms with Gasteiger partial charge in [-0.25, -0.2) is 0 Å². The van der Waals surface area contributed by atoms with Gasteiger partial charge in [-0.05, 0) is 44.2 Å². The summed E-state index contributed by atoms with van der Waals surface area (Å²) >= 11 is 3.57. The van der Waals surface area contributed by atoms with Crippen LogP contribution in [0.2, 0.25) is 0 Å². The number of halogens is 1. The molecule has 29 heavy (non-hydrogen) atoms. The van der Waals surface area contributed by atoms with Gasteiger partial charge in [0.1, 0.15) is 18.1 Å². The molecule has 0 amide bonds. The first-order valence-corrected chi connectivity index (χ1v) is 10.7. The van der Waals surface area contributed by atoms with Crippen LogP contribution in [0.15, 0.2) is 46.9 Å². The Kier molecular flexibility index (Phi) is 6.16. The van der Waals surface area contributed by atoms with Gasteiger partial charge in [0.25, 0.3) is 0 Å². The molecule has 152 valence electrons.